The molecule has 2 aliphatic rings. The van der Waals surface area contributed by atoms with Crippen LogP contribution in [0.25, 0.3) is 0 Å². The summed E-state index contributed by atoms with van der Waals surface area (Å²) in [7, 11) is 0. The number of benzene rings is 1. The van der Waals surface area contributed by atoms with Gasteiger partial charge in [-0.25, -0.2) is 0 Å². The first-order chi connectivity index (χ1) is 8.93. The van der Waals surface area contributed by atoms with Gasteiger partial charge < -0.3 is 10.1 Å². The summed E-state index contributed by atoms with van der Waals surface area (Å²) in [6, 6.07) is 8.55. The van der Waals surface area contributed by atoms with E-state index >= 15 is 0 Å². The summed E-state index contributed by atoms with van der Waals surface area (Å²) >= 11 is 0. The van der Waals surface area contributed by atoms with Gasteiger partial charge in [-0.2, -0.15) is 0 Å². The average Bonchev–Trinajstić information content (AvgIpc) is 2.94. The van der Waals surface area contributed by atoms with Crippen molar-refractivity contribution in [2.45, 2.75) is 6.54 Å². The maximum Gasteiger partial charge on any atom is 0.128 e. The van der Waals surface area contributed by atoms with E-state index in [4.69, 9.17) is 4.74 Å². The SMILES string of the molecule is c1ccc(C2=NCCN2)c(CN2CCOCC2)c1. The van der Waals surface area contributed by atoms with Gasteiger partial charge in [-0.15, -0.1) is 0 Å². The standard InChI is InChI=1S/C14H19N3O/c1-2-4-13(14-15-5-6-16-14)12(3-1)11-17-7-9-18-10-8-17/h1-4H,5-11H2,(H,15,16). The zero-order valence-corrected chi connectivity index (χ0v) is 10.6. The first-order valence-electron chi connectivity index (χ1n) is 6.60. The molecule has 0 radical (unpaired) electrons. The number of aliphatic imine (C=N–C) groups is 1. The molecule has 0 atom stereocenters. The summed E-state index contributed by atoms with van der Waals surface area (Å²) in [6.45, 7) is 6.58. The highest BCUT2D eigenvalue weighted by atomic mass is 16.5. The Morgan fingerprint density at radius 3 is 2.83 bits per heavy atom. The number of nitrogens with zero attached hydrogens (tertiary/aromatic N) is 2. The zero-order valence-electron chi connectivity index (χ0n) is 10.6. The Balaban J connectivity index is 1.78. The molecule has 2 heterocycles. The minimum absolute atomic E-state index is 0.849. The van der Waals surface area contributed by atoms with E-state index in [1.54, 1.807) is 0 Å². The second kappa shape index (κ2) is 5.50. The first-order valence-corrected chi connectivity index (χ1v) is 6.60. The molecule has 0 aliphatic carbocycles. The van der Waals surface area contributed by atoms with Crippen molar-refractivity contribution in [3.8, 4) is 0 Å². The van der Waals surface area contributed by atoms with Crippen LogP contribution in [-0.2, 0) is 11.3 Å². The Morgan fingerprint density at radius 2 is 2.06 bits per heavy atom. The molecule has 4 nitrogen and oxygen atoms in total. The molecule has 1 fully saturated rings. The lowest BCUT2D eigenvalue weighted by Crippen LogP contribution is -2.36. The summed E-state index contributed by atoms with van der Waals surface area (Å²) in [5.41, 5.74) is 2.61. The zero-order chi connectivity index (χ0) is 12.2. The third-order valence-electron chi connectivity index (χ3n) is 3.44. The van der Waals surface area contributed by atoms with Crippen molar-refractivity contribution in [2.24, 2.45) is 4.99 Å². The van der Waals surface area contributed by atoms with Crippen LogP contribution in [0, 0.1) is 0 Å². The predicted molar refractivity (Wildman–Crippen MR) is 71.9 cm³/mol. The molecule has 4 heteroatoms. The highest BCUT2D eigenvalue weighted by Gasteiger charge is 2.16. The van der Waals surface area contributed by atoms with E-state index < -0.39 is 0 Å². The lowest BCUT2D eigenvalue weighted by Gasteiger charge is -2.27. The Bertz CT molecular complexity index is 438. The van der Waals surface area contributed by atoms with Crippen molar-refractivity contribution in [2.75, 3.05) is 39.4 Å². The van der Waals surface area contributed by atoms with Crippen molar-refractivity contribution >= 4 is 5.84 Å². The molecule has 18 heavy (non-hydrogen) atoms. The van der Waals surface area contributed by atoms with Gasteiger partial charge in [0.25, 0.3) is 0 Å². The van der Waals surface area contributed by atoms with Crippen LogP contribution in [0.2, 0.25) is 0 Å². The van der Waals surface area contributed by atoms with Crippen LogP contribution in [0.4, 0.5) is 0 Å². The van der Waals surface area contributed by atoms with E-state index in [1.165, 1.54) is 11.1 Å². The molecular weight excluding hydrogens is 226 g/mol. The molecule has 0 amide bonds. The number of amidine groups is 1. The van der Waals surface area contributed by atoms with Crippen molar-refractivity contribution in [3.05, 3.63) is 35.4 Å². The molecule has 0 bridgehead atoms. The van der Waals surface area contributed by atoms with Gasteiger partial charge in [-0.3, -0.25) is 9.89 Å². The fraction of sp³-hybridized carbons (Fsp3) is 0.500. The molecule has 1 saturated heterocycles. The fourth-order valence-electron chi connectivity index (χ4n) is 2.47. The minimum Gasteiger partial charge on any atom is -0.379 e. The lowest BCUT2D eigenvalue weighted by molar-refractivity contribution is 0.0341. The maximum absolute atomic E-state index is 5.39. The highest BCUT2D eigenvalue weighted by Crippen LogP contribution is 2.14. The molecule has 2 aliphatic heterocycles. The van der Waals surface area contributed by atoms with Crippen molar-refractivity contribution in [1.82, 2.24) is 10.2 Å². The summed E-state index contributed by atoms with van der Waals surface area (Å²) in [4.78, 5) is 6.96. The number of rotatable bonds is 3. The average molecular weight is 245 g/mol. The highest BCUT2D eigenvalue weighted by molar-refractivity contribution is 6.00. The number of morpholine rings is 1. The maximum atomic E-state index is 5.39. The molecule has 0 spiro atoms. The van der Waals surface area contributed by atoms with Crippen LogP contribution in [-0.4, -0.2) is 50.1 Å². The fourth-order valence-corrected chi connectivity index (χ4v) is 2.47. The van der Waals surface area contributed by atoms with Gasteiger partial charge in [-0.1, -0.05) is 24.3 Å². The quantitative estimate of drug-likeness (QED) is 0.858. The molecule has 3 rings (SSSR count). The van der Waals surface area contributed by atoms with E-state index in [-0.39, 0.29) is 0 Å². The molecule has 0 unspecified atom stereocenters. The van der Waals surface area contributed by atoms with E-state index in [9.17, 15) is 0 Å². The Morgan fingerprint density at radius 1 is 1.22 bits per heavy atom. The van der Waals surface area contributed by atoms with Gasteiger partial charge in [-0.05, 0) is 5.56 Å². The molecule has 1 N–H and O–H groups in total. The third-order valence-corrected chi connectivity index (χ3v) is 3.44. The second-order valence-corrected chi connectivity index (χ2v) is 4.70. The van der Waals surface area contributed by atoms with Crippen molar-refractivity contribution in [1.29, 1.82) is 0 Å². The van der Waals surface area contributed by atoms with E-state index in [0.29, 0.717) is 0 Å². The molecule has 1 aromatic carbocycles. The number of nitrogens with one attached hydrogen (secondary N) is 1. The normalized spacial score (nSPS) is 20.6. The minimum atomic E-state index is 0.849. The van der Waals surface area contributed by atoms with Crippen LogP contribution in [0.3, 0.4) is 0 Å². The van der Waals surface area contributed by atoms with Gasteiger partial charge in [0.05, 0.1) is 19.8 Å². The van der Waals surface area contributed by atoms with Crippen molar-refractivity contribution < 1.29 is 4.74 Å². The molecule has 0 aromatic heterocycles. The summed E-state index contributed by atoms with van der Waals surface area (Å²) in [5.74, 6) is 1.05. The topological polar surface area (TPSA) is 36.9 Å². The van der Waals surface area contributed by atoms with Gasteiger partial charge in [0, 0.05) is 31.7 Å². The monoisotopic (exact) mass is 245 g/mol. The summed E-state index contributed by atoms with van der Waals surface area (Å²) < 4.78 is 5.39. The smallest absolute Gasteiger partial charge is 0.128 e. The van der Waals surface area contributed by atoms with Crippen LogP contribution < -0.4 is 5.32 Å². The van der Waals surface area contributed by atoms with Crippen LogP contribution in [0.1, 0.15) is 11.1 Å². The van der Waals surface area contributed by atoms with E-state index in [1.807, 2.05) is 0 Å². The second-order valence-electron chi connectivity index (χ2n) is 4.70. The Labute approximate surface area is 108 Å². The van der Waals surface area contributed by atoms with Gasteiger partial charge in [0.15, 0.2) is 0 Å². The molecule has 96 valence electrons. The lowest BCUT2D eigenvalue weighted by atomic mass is 10.1. The van der Waals surface area contributed by atoms with Gasteiger partial charge in [0.1, 0.15) is 5.84 Å². The van der Waals surface area contributed by atoms with E-state index in [0.717, 1.165) is 51.8 Å². The number of hydrogen-bond acceptors (Lipinski definition) is 4. The molecule has 0 saturated carbocycles. The Hall–Kier alpha value is -1.39. The third kappa shape index (κ3) is 2.54. The molecular formula is C14H19N3O. The van der Waals surface area contributed by atoms with E-state index in [2.05, 4.69) is 39.5 Å². The summed E-state index contributed by atoms with van der Waals surface area (Å²) in [5, 5.41) is 3.36. The van der Waals surface area contributed by atoms with Crippen molar-refractivity contribution in [3.63, 3.8) is 0 Å². The Kier molecular flexibility index (Phi) is 3.57. The number of ether oxygens (including phenoxy) is 1. The predicted octanol–water partition coefficient (Wildman–Crippen LogP) is 0.869. The summed E-state index contributed by atoms with van der Waals surface area (Å²) in [6.07, 6.45) is 0. The number of hydrogen-bond donors (Lipinski definition) is 1. The largest absolute Gasteiger partial charge is 0.379 e. The van der Waals surface area contributed by atoms with Crippen LogP contribution in [0.15, 0.2) is 29.3 Å². The molecule has 1 aromatic rings. The van der Waals surface area contributed by atoms with Gasteiger partial charge in [0.2, 0.25) is 0 Å². The van der Waals surface area contributed by atoms with Crippen LogP contribution >= 0.6 is 0 Å². The first kappa shape index (κ1) is 11.7. The van der Waals surface area contributed by atoms with Gasteiger partial charge >= 0.3 is 0 Å². The van der Waals surface area contributed by atoms with Crippen LogP contribution in [0.5, 0.6) is 0 Å².